The molecule has 0 saturated carbocycles. The van der Waals surface area contributed by atoms with Crippen molar-refractivity contribution in [1.82, 2.24) is 4.98 Å². The number of hydrogen-bond donors (Lipinski definition) is 0. The van der Waals surface area contributed by atoms with Crippen LogP contribution in [0.25, 0.3) is 0 Å². The van der Waals surface area contributed by atoms with E-state index in [4.69, 9.17) is 11.6 Å². The van der Waals surface area contributed by atoms with Crippen molar-refractivity contribution < 1.29 is 0 Å². The van der Waals surface area contributed by atoms with Gasteiger partial charge in [-0.15, -0.1) is 0 Å². The third-order valence-electron chi connectivity index (χ3n) is 1.01. The maximum atomic E-state index is 5.69. The molecular formula is C6H4BrClIN. The first-order chi connectivity index (χ1) is 4.74. The van der Waals surface area contributed by atoms with Gasteiger partial charge in [0.05, 0.1) is 10.7 Å². The smallest absolute Gasteiger partial charge is 0.0643 e. The maximum absolute atomic E-state index is 5.69. The van der Waals surface area contributed by atoms with Gasteiger partial charge in [0.15, 0.2) is 0 Å². The Morgan fingerprint density at radius 2 is 2.40 bits per heavy atom. The number of aromatic nitrogens is 1. The van der Waals surface area contributed by atoms with Crippen molar-refractivity contribution in [1.29, 1.82) is 0 Å². The lowest BCUT2D eigenvalue weighted by Crippen LogP contribution is -1.87. The zero-order valence-corrected chi connectivity index (χ0v) is 9.44. The summed E-state index contributed by atoms with van der Waals surface area (Å²) in [7, 11) is 0. The van der Waals surface area contributed by atoms with Gasteiger partial charge in [-0.05, 0) is 28.7 Å². The summed E-state index contributed by atoms with van der Waals surface area (Å²) in [5.74, 6) is 0. The highest BCUT2D eigenvalue weighted by molar-refractivity contribution is 14.1. The zero-order chi connectivity index (χ0) is 7.56. The number of alkyl halides is 1. The average Bonchev–Trinajstić information content (AvgIpc) is 1.88. The third-order valence-corrected chi connectivity index (χ3v) is 2.68. The summed E-state index contributed by atoms with van der Waals surface area (Å²) < 4.78 is 1.10. The van der Waals surface area contributed by atoms with E-state index >= 15 is 0 Å². The van der Waals surface area contributed by atoms with Crippen LogP contribution in [0.5, 0.6) is 0 Å². The lowest BCUT2D eigenvalue weighted by molar-refractivity contribution is 1.16. The SMILES string of the molecule is Clc1cnc(CBr)c(I)c1. The third kappa shape index (κ3) is 2.07. The Kier molecular flexibility index (Phi) is 3.39. The standard InChI is InChI=1S/C6H4BrClIN/c7-2-6-5(9)1-4(8)3-10-6/h1,3H,2H2. The van der Waals surface area contributed by atoms with Crippen LogP contribution in [0.2, 0.25) is 5.02 Å². The van der Waals surface area contributed by atoms with Crippen LogP contribution in [0.15, 0.2) is 12.3 Å². The minimum atomic E-state index is 0.689. The van der Waals surface area contributed by atoms with Crippen LogP contribution in [0.4, 0.5) is 0 Å². The van der Waals surface area contributed by atoms with E-state index in [1.54, 1.807) is 6.20 Å². The van der Waals surface area contributed by atoms with E-state index in [-0.39, 0.29) is 0 Å². The summed E-state index contributed by atoms with van der Waals surface area (Å²) in [6, 6.07) is 1.89. The van der Waals surface area contributed by atoms with Gasteiger partial charge in [-0.3, -0.25) is 4.98 Å². The molecule has 0 unspecified atom stereocenters. The average molecular weight is 332 g/mol. The molecule has 1 rings (SSSR count). The lowest BCUT2D eigenvalue weighted by Gasteiger charge is -1.97. The molecule has 0 spiro atoms. The van der Waals surface area contributed by atoms with Crippen LogP contribution in [-0.4, -0.2) is 4.98 Å². The molecule has 0 atom stereocenters. The van der Waals surface area contributed by atoms with Gasteiger partial charge in [-0.1, -0.05) is 27.5 Å². The Bertz CT molecular complexity index is 241. The van der Waals surface area contributed by atoms with Crippen molar-refractivity contribution in [2.45, 2.75) is 5.33 Å². The fourth-order valence-corrected chi connectivity index (χ4v) is 2.52. The number of rotatable bonds is 1. The summed E-state index contributed by atoms with van der Waals surface area (Å²) in [4.78, 5) is 4.11. The Morgan fingerprint density at radius 3 is 2.90 bits per heavy atom. The van der Waals surface area contributed by atoms with Crippen molar-refractivity contribution in [2.75, 3.05) is 0 Å². The molecule has 54 valence electrons. The quantitative estimate of drug-likeness (QED) is 0.568. The molecule has 0 N–H and O–H groups in total. The molecule has 0 aliphatic carbocycles. The van der Waals surface area contributed by atoms with Crippen LogP contribution < -0.4 is 0 Å². The van der Waals surface area contributed by atoms with Crippen molar-refractivity contribution in [3.8, 4) is 0 Å². The molecule has 4 heteroatoms. The highest BCUT2D eigenvalue weighted by Gasteiger charge is 1.98. The lowest BCUT2D eigenvalue weighted by atomic mass is 10.4. The van der Waals surface area contributed by atoms with Gasteiger partial charge < -0.3 is 0 Å². The molecular weight excluding hydrogens is 328 g/mol. The van der Waals surface area contributed by atoms with Crippen LogP contribution in [0.1, 0.15) is 5.69 Å². The Hall–Kier alpha value is 0.650. The topological polar surface area (TPSA) is 12.9 Å². The van der Waals surface area contributed by atoms with Gasteiger partial charge in [0.25, 0.3) is 0 Å². The first kappa shape index (κ1) is 8.74. The number of hydrogen-bond acceptors (Lipinski definition) is 1. The van der Waals surface area contributed by atoms with Crippen molar-refractivity contribution in [2.24, 2.45) is 0 Å². The second-order valence-electron chi connectivity index (χ2n) is 1.72. The molecule has 0 aromatic carbocycles. The van der Waals surface area contributed by atoms with E-state index in [0.29, 0.717) is 5.02 Å². The molecule has 0 radical (unpaired) electrons. The van der Waals surface area contributed by atoms with E-state index < -0.39 is 0 Å². The summed E-state index contributed by atoms with van der Waals surface area (Å²) in [6.07, 6.45) is 1.65. The number of pyridine rings is 1. The molecule has 1 heterocycles. The molecule has 0 amide bonds. The molecule has 0 aliphatic rings. The minimum Gasteiger partial charge on any atom is -0.258 e. The Morgan fingerprint density at radius 1 is 1.70 bits per heavy atom. The zero-order valence-electron chi connectivity index (χ0n) is 4.94. The van der Waals surface area contributed by atoms with Gasteiger partial charge in [-0.2, -0.15) is 0 Å². The molecule has 10 heavy (non-hydrogen) atoms. The Balaban J connectivity index is 3.07. The van der Waals surface area contributed by atoms with E-state index in [9.17, 15) is 0 Å². The first-order valence-corrected chi connectivity index (χ1v) is 5.17. The van der Waals surface area contributed by atoms with Crippen LogP contribution >= 0.6 is 50.1 Å². The summed E-state index contributed by atoms with van der Waals surface area (Å²) in [5, 5.41) is 1.47. The fourth-order valence-electron chi connectivity index (χ4n) is 0.541. The highest BCUT2D eigenvalue weighted by atomic mass is 127. The van der Waals surface area contributed by atoms with E-state index in [1.807, 2.05) is 6.07 Å². The number of nitrogens with zero attached hydrogens (tertiary/aromatic N) is 1. The molecule has 1 aromatic rings. The normalized spacial score (nSPS) is 9.90. The minimum absolute atomic E-state index is 0.689. The number of halogens is 3. The van der Waals surface area contributed by atoms with E-state index in [0.717, 1.165) is 14.6 Å². The second kappa shape index (κ2) is 3.88. The molecule has 0 aliphatic heterocycles. The van der Waals surface area contributed by atoms with Gasteiger partial charge in [0.2, 0.25) is 0 Å². The fraction of sp³-hybridized carbons (Fsp3) is 0.167. The van der Waals surface area contributed by atoms with Crippen LogP contribution in [-0.2, 0) is 5.33 Å². The molecule has 0 bridgehead atoms. The van der Waals surface area contributed by atoms with Gasteiger partial charge >= 0.3 is 0 Å². The molecule has 0 fully saturated rings. The molecule has 1 aromatic heterocycles. The Labute approximate surface area is 86.4 Å². The van der Waals surface area contributed by atoms with Gasteiger partial charge in [0.1, 0.15) is 0 Å². The van der Waals surface area contributed by atoms with E-state index in [1.165, 1.54) is 0 Å². The van der Waals surface area contributed by atoms with Crippen molar-refractivity contribution >= 4 is 50.1 Å². The molecule has 0 saturated heterocycles. The summed E-state index contributed by atoms with van der Waals surface area (Å²) >= 11 is 11.2. The first-order valence-electron chi connectivity index (χ1n) is 2.60. The van der Waals surface area contributed by atoms with Crippen LogP contribution in [0.3, 0.4) is 0 Å². The van der Waals surface area contributed by atoms with Crippen molar-refractivity contribution in [3.63, 3.8) is 0 Å². The predicted molar refractivity (Wildman–Crippen MR) is 54.6 cm³/mol. The van der Waals surface area contributed by atoms with Crippen LogP contribution in [0, 0.1) is 3.57 Å². The van der Waals surface area contributed by atoms with E-state index in [2.05, 4.69) is 43.5 Å². The largest absolute Gasteiger partial charge is 0.258 e. The maximum Gasteiger partial charge on any atom is 0.0643 e. The second-order valence-corrected chi connectivity index (χ2v) is 3.88. The summed E-state index contributed by atoms with van der Waals surface area (Å²) in [6.45, 7) is 0. The summed E-state index contributed by atoms with van der Waals surface area (Å²) in [5.41, 5.74) is 1.03. The monoisotopic (exact) mass is 331 g/mol. The predicted octanol–water partition coefficient (Wildman–Crippen LogP) is 3.23. The van der Waals surface area contributed by atoms with Gasteiger partial charge in [-0.25, -0.2) is 0 Å². The van der Waals surface area contributed by atoms with Crippen molar-refractivity contribution in [3.05, 3.63) is 26.5 Å². The molecule has 1 nitrogen and oxygen atoms in total. The van der Waals surface area contributed by atoms with Gasteiger partial charge in [0, 0.05) is 15.1 Å². The highest BCUT2D eigenvalue weighted by Crippen LogP contribution is 2.16.